The SMILES string of the molecule is CN1CCCC[C@@H]1C1CCN(C(=O)c2c3c(nn2C)CCCC3)CC1. The van der Waals surface area contributed by atoms with Gasteiger partial charge in [-0.25, -0.2) is 0 Å². The number of aromatic nitrogens is 2. The Balaban J connectivity index is 1.43. The van der Waals surface area contributed by atoms with Crippen molar-refractivity contribution in [3.05, 3.63) is 17.0 Å². The minimum Gasteiger partial charge on any atom is -0.337 e. The van der Waals surface area contributed by atoms with E-state index in [-0.39, 0.29) is 5.91 Å². The van der Waals surface area contributed by atoms with Crippen LogP contribution < -0.4 is 0 Å². The normalized spacial score (nSPS) is 25.8. The molecule has 1 amide bonds. The van der Waals surface area contributed by atoms with Crippen molar-refractivity contribution in [1.29, 1.82) is 0 Å². The van der Waals surface area contributed by atoms with Gasteiger partial charge in [-0.3, -0.25) is 9.48 Å². The molecule has 0 bridgehead atoms. The van der Waals surface area contributed by atoms with E-state index in [1.165, 1.54) is 44.2 Å². The maximum Gasteiger partial charge on any atom is 0.272 e. The summed E-state index contributed by atoms with van der Waals surface area (Å²) in [5.74, 6) is 0.975. The van der Waals surface area contributed by atoms with E-state index >= 15 is 0 Å². The molecule has 0 N–H and O–H groups in total. The van der Waals surface area contributed by atoms with E-state index in [9.17, 15) is 4.79 Å². The summed E-state index contributed by atoms with van der Waals surface area (Å²) in [4.78, 5) is 17.8. The van der Waals surface area contributed by atoms with Gasteiger partial charge in [-0.05, 0) is 70.9 Å². The number of aryl methyl sites for hydroxylation is 2. The van der Waals surface area contributed by atoms with Gasteiger partial charge in [-0.15, -0.1) is 0 Å². The number of likely N-dealkylation sites (tertiary alicyclic amines) is 2. The van der Waals surface area contributed by atoms with Crippen LogP contribution in [0.3, 0.4) is 0 Å². The van der Waals surface area contributed by atoms with E-state index in [1.807, 2.05) is 11.7 Å². The first-order valence-electron chi connectivity index (χ1n) is 10.2. The molecule has 2 fully saturated rings. The van der Waals surface area contributed by atoms with Crippen LogP contribution in [-0.4, -0.2) is 58.2 Å². The molecule has 25 heavy (non-hydrogen) atoms. The first-order chi connectivity index (χ1) is 12.1. The molecule has 0 aromatic carbocycles. The number of fused-ring (bicyclic) bond motifs is 1. The number of rotatable bonds is 2. The third kappa shape index (κ3) is 3.23. The summed E-state index contributed by atoms with van der Waals surface area (Å²) >= 11 is 0. The van der Waals surface area contributed by atoms with Gasteiger partial charge in [0.2, 0.25) is 0 Å². The van der Waals surface area contributed by atoms with Gasteiger partial charge in [0.05, 0.1) is 5.69 Å². The van der Waals surface area contributed by atoms with Gasteiger partial charge in [0, 0.05) is 31.7 Å². The van der Waals surface area contributed by atoms with Crippen LogP contribution in [0.25, 0.3) is 0 Å². The standard InChI is InChI=1S/C20H32N4O/c1-22-12-6-5-9-18(22)15-10-13-24(14-11-15)20(25)19-16-7-3-4-8-17(16)21-23(19)2/h15,18H,3-14H2,1-2H3/t18-/m1/s1. The molecule has 2 saturated heterocycles. The molecule has 3 heterocycles. The van der Waals surface area contributed by atoms with Crippen molar-refractivity contribution in [2.24, 2.45) is 13.0 Å². The molecule has 4 rings (SSSR count). The largest absolute Gasteiger partial charge is 0.337 e. The van der Waals surface area contributed by atoms with E-state index < -0.39 is 0 Å². The number of carbonyl (C=O) groups excluding carboxylic acids is 1. The molecular weight excluding hydrogens is 312 g/mol. The number of hydrogen-bond donors (Lipinski definition) is 0. The Kier molecular flexibility index (Phi) is 4.85. The lowest BCUT2D eigenvalue weighted by Crippen LogP contribution is -2.47. The first kappa shape index (κ1) is 17.1. The number of piperidine rings is 2. The molecule has 0 radical (unpaired) electrons. The van der Waals surface area contributed by atoms with E-state index in [2.05, 4.69) is 21.9 Å². The van der Waals surface area contributed by atoms with Gasteiger partial charge >= 0.3 is 0 Å². The maximum absolute atomic E-state index is 13.2. The van der Waals surface area contributed by atoms with Crippen molar-refractivity contribution >= 4 is 5.91 Å². The number of carbonyl (C=O) groups is 1. The van der Waals surface area contributed by atoms with Crippen molar-refractivity contribution in [2.45, 2.75) is 63.8 Å². The molecule has 138 valence electrons. The Labute approximate surface area is 151 Å². The van der Waals surface area contributed by atoms with Crippen LogP contribution >= 0.6 is 0 Å². The lowest BCUT2D eigenvalue weighted by atomic mass is 9.84. The smallest absolute Gasteiger partial charge is 0.272 e. The molecule has 1 aliphatic carbocycles. The van der Waals surface area contributed by atoms with Gasteiger partial charge in [0.15, 0.2) is 0 Å². The highest BCUT2D eigenvalue weighted by Gasteiger charge is 2.34. The van der Waals surface area contributed by atoms with Crippen LogP contribution in [0.5, 0.6) is 0 Å². The third-order valence-electron chi connectivity index (χ3n) is 6.72. The van der Waals surface area contributed by atoms with Gasteiger partial charge in [0.1, 0.15) is 5.69 Å². The Morgan fingerprint density at radius 1 is 0.960 bits per heavy atom. The Hall–Kier alpha value is -1.36. The van der Waals surface area contributed by atoms with E-state index in [1.54, 1.807) is 0 Å². The van der Waals surface area contributed by atoms with Crippen LogP contribution in [0.15, 0.2) is 0 Å². The van der Waals surface area contributed by atoms with E-state index in [4.69, 9.17) is 0 Å². The molecule has 2 aliphatic heterocycles. The van der Waals surface area contributed by atoms with Gasteiger partial charge in [0.25, 0.3) is 5.91 Å². The molecule has 1 aromatic rings. The average Bonchev–Trinajstić information content (AvgIpc) is 2.97. The van der Waals surface area contributed by atoms with Crippen molar-refractivity contribution in [1.82, 2.24) is 19.6 Å². The van der Waals surface area contributed by atoms with Crippen LogP contribution in [0.2, 0.25) is 0 Å². The topological polar surface area (TPSA) is 41.4 Å². The Morgan fingerprint density at radius 3 is 2.48 bits per heavy atom. The molecule has 1 aromatic heterocycles. The van der Waals surface area contributed by atoms with Crippen LogP contribution in [0.1, 0.15) is 66.7 Å². The molecule has 5 nitrogen and oxygen atoms in total. The lowest BCUT2D eigenvalue weighted by Gasteiger charge is -2.42. The molecular formula is C20H32N4O. The van der Waals surface area contributed by atoms with E-state index in [0.29, 0.717) is 0 Å². The second kappa shape index (κ2) is 7.10. The Morgan fingerprint density at radius 2 is 1.72 bits per heavy atom. The second-order valence-electron chi connectivity index (χ2n) is 8.28. The summed E-state index contributed by atoms with van der Waals surface area (Å²) in [5.41, 5.74) is 3.26. The summed E-state index contributed by atoms with van der Waals surface area (Å²) in [5, 5.41) is 4.63. The fourth-order valence-electron chi connectivity index (χ4n) is 5.28. The van der Waals surface area contributed by atoms with Crippen LogP contribution in [0, 0.1) is 5.92 Å². The first-order valence-corrected chi connectivity index (χ1v) is 10.2. The highest BCUT2D eigenvalue weighted by molar-refractivity contribution is 5.94. The zero-order valence-electron chi connectivity index (χ0n) is 15.8. The zero-order chi connectivity index (χ0) is 17.4. The van der Waals surface area contributed by atoms with Crippen molar-refractivity contribution in [3.8, 4) is 0 Å². The summed E-state index contributed by atoms with van der Waals surface area (Å²) in [6.07, 6.45) is 10.8. The molecule has 0 spiro atoms. The summed E-state index contributed by atoms with van der Waals surface area (Å²) in [7, 11) is 4.22. The number of hydrogen-bond acceptors (Lipinski definition) is 3. The third-order valence-corrected chi connectivity index (χ3v) is 6.72. The highest BCUT2D eigenvalue weighted by Crippen LogP contribution is 2.31. The average molecular weight is 345 g/mol. The van der Waals surface area contributed by atoms with Crippen LogP contribution in [-0.2, 0) is 19.9 Å². The van der Waals surface area contributed by atoms with Crippen molar-refractivity contribution < 1.29 is 4.79 Å². The van der Waals surface area contributed by atoms with Crippen LogP contribution in [0.4, 0.5) is 0 Å². The van der Waals surface area contributed by atoms with Crippen molar-refractivity contribution in [2.75, 3.05) is 26.7 Å². The monoisotopic (exact) mass is 344 g/mol. The molecule has 0 unspecified atom stereocenters. The van der Waals surface area contributed by atoms with Gasteiger partial charge in [-0.1, -0.05) is 6.42 Å². The van der Waals surface area contributed by atoms with E-state index in [0.717, 1.165) is 62.1 Å². The molecule has 5 heteroatoms. The summed E-state index contributed by atoms with van der Waals surface area (Å²) in [6.45, 7) is 3.06. The highest BCUT2D eigenvalue weighted by atomic mass is 16.2. The minimum absolute atomic E-state index is 0.216. The molecule has 3 aliphatic rings. The van der Waals surface area contributed by atoms with Gasteiger partial charge < -0.3 is 9.80 Å². The Bertz CT molecular complexity index is 630. The predicted molar refractivity (Wildman–Crippen MR) is 98.7 cm³/mol. The summed E-state index contributed by atoms with van der Waals surface area (Å²) < 4.78 is 1.85. The molecule has 1 atom stereocenters. The fourth-order valence-corrected chi connectivity index (χ4v) is 5.28. The zero-order valence-corrected chi connectivity index (χ0v) is 15.8. The summed E-state index contributed by atoms with van der Waals surface area (Å²) in [6, 6.07) is 0.732. The number of nitrogens with zero attached hydrogens (tertiary/aromatic N) is 4. The number of amides is 1. The van der Waals surface area contributed by atoms with Gasteiger partial charge in [-0.2, -0.15) is 5.10 Å². The molecule has 0 saturated carbocycles. The maximum atomic E-state index is 13.2. The minimum atomic E-state index is 0.216. The fraction of sp³-hybridized carbons (Fsp3) is 0.800. The lowest BCUT2D eigenvalue weighted by molar-refractivity contribution is 0.0545. The second-order valence-corrected chi connectivity index (χ2v) is 8.28. The quantitative estimate of drug-likeness (QED) is 0.828. The van der Waals surface area contributed by atoms with Crippen molar-refractivity contribution in [3.63, 3.8) is 0 Å². The predicted octanol–water partition coefficient (Wildman–Crippen LogP) is 2.64.